The molecule has 0 aliphatic rings. The number of carbonyl (C=O) groups excluding carboxylic acids is 2. The number of amides is 2. The lowest BCUT2D eigenvalue weighted by Gasteiger charge is -2.14. The number of nitrogens with one attached hydrogen (secondary N) is 1. The van der Waals surface area contributed by atoms with Crippen LogP contribution in [0, 0.1) is 0 Å². The second-order valence-corrected chi connectivity index (χ2v) is 3.83. The Labute approximate surface area is 110 Å². The molecule has 0 spiro atoms. The normalized spacial score (nSPS) is 9.79. The number of aromatic carboxylic acids is 1. The average Bonchev–Trinajstić information content (AvgIpc) is 2.43. The highest BCUT2D eigenvalue weighted by Crippen LogP contribution is 2.00. The number of likely N-dealkylation sites (N-methyl/N-ethyl adjacent to an activating group) is 1. The number of carbonyl (C=O) groups is 3. The van der Waals surface area contributed by atoms with Gasteiger partial charge in [0.15, 0.2) is 0 Å². The van der Waals surface area contributed by atoms with Crippen molar-refractivity contribution in [3.63, 3.8) is 0 Å². The van der Waals surface area contributed by atoms with Crippen LogP contribution in [0.4, 0.5) is 0 Å². The number of rotatable bonds is 5. The van der Waals surface area contributed by atoms with Crippen LogP contribution in [-0.2, 0) is 4.79 Å². The maximum atomic E-state index is 11.7. The van der Waals surface area contributed by atoms with E-state index >= 15 is 0 Å². The smallest absolute Gasteiger partial charge is 0.354 e. The van der Waals surface area contributed by atoms with Crippen LogP contribution in [0.5, 0.6) is 0 Å². The van der Waals surface area contributed by atoms with Gasteiger partial charge in [-0.15, -0.1) is 0 Å². The first-order chi connectivity index (χ1) is 8.95. The third kappa shape index (κ3) is 4.06. The molecule has 0 aliphatic carbocycles. The highest BCUT2D eigenvalue weighted by atomic mass is 16.4. The third-order valence-electron chi connectivity index (χ3n) is 2.55. The van der Waals surface area contributed by atoms with Gasteiger partial charge in [0.25, 0.3) is 5.91 Å². The van der Waals surface area contributed by atoms with Gasteiger partial charge in [-0.3, -0.25) is 9.59 Å². The number of aromatic nitrogens is 1. The number of carboxylic acids is 1. The van der Waals surface area contributed by atoms with Crippen molar-refractivity contribution in [3.8, 4) is 0 Å². The summed E-state index contributed by atoms with van der Waals surface area (Å²) in [5, 5.41) is 11.1. The lowest BCUT2D eigenvalue weighted by Crippen LogP contribution is -2.38. The maximum absolute atomic E-state index is 11.7. The molecule has 0 aromatic carbocycles. The highest BCUT2D eigenvalue weighted by molar-refractivity contribution is 5.96. The fourth-order valence-corrected chi connectivity index (χ4v) is 1.22. The molecular formula is C12H15N3O4. The summed E-state index contributed by atoms with van der Waals surface area (Å²) in [6.07, 6.45) is 1.16. The molecule has 2 amide bonds. The Kier molecular flexibility index (Phi) is 4.99. The van der Waals surface area contributed by atoms with Gasteiger partial charge in [0, 0.05) is 19.8 Å². The van der Waals surface area contributed by atoms with Gasteiger partial charge in [-0.25, -0.2) is 9.78 Å². The van der Waals surface area contributed by atoms with Crippen LogP contribution < -0.4 is 5.32 Å². The topological polar surface area (TPSA) is 99.6 Å². The number of hydrogen-bond donors (Lipinski definition) is 2. The number of hydrogen-bond acceptors (Lipinski definition) is 4. The van der Waals surface area contributed by atoms with Crippen molar-refractivity contribution in [2.45, 2.75) is 6.92 Å². The molecule has 0 fully saturated rings. The quantitative estimate of drug-likeness (QED) is 0.780. The van der Waals surface area contributed by atoms with Crippen LogP contribution in [0.3, 0.4) is 0 Å². The summed E-state index contributed by atoms with van der Waals surface area (Å²) in [5.41, 5.74) is 0.0651. The first-order valence-corrected chi connectivity index (χ1v) is 5.67. The van der Waals surface area contributed by atoms with E-state index in [0.29, 0.717) is 6.54 Å². The molecule has 1 aromatic rings. The van der Waals surface area contributed by atoms with Gasteiger partial charge in [0.1, 0.15) is 5.69 Å². The molecule has 0 aliphatic heterocycles. The van der Waals surface area contributed by atoms with E-state index in [2.05, 4.69) is 10.3 Å². The van der Waals surface area contributed by atoms with Gasteiger partial charge in [-0.05, 0) is 19.1 Å². The molecule has 2 N–H and O–H groups in total. The zero-order chi connectivity index (χ0) is 14.4. The summed E-state index contributed by atoms with van der Waals surface area (Å²) in [6.45, 7) is 2.28. The molecule has 1 rings (SSSR count). The molecule has 7 heteroatoms. The molecule has 1 aromatic heterocycles. The Bertz CT molecular complexity index is 484. The minimum Gasteiger partial charge on any atom is -0.477 e. The van der Waals surface area contributed by atoms with Crippen molar-refractivity contribution in [2.24, 2.45) is 0 Å². The van der Waals surface area contributed by atoms with Crippen LogP contribution in [0.2, 0.25) is 0 Å². The van der Waals surface area contributed by atoms with Gasteiger partial charge >= 0.3 is 5.97 Å². The van der Waals surface area contributed by atoms with E-state index in [4.69, 9.17) is 5.11 Å². The fraction of sp³-hybridized carbons (Fsp3) is 0.333. The summed E-state index contributed by atoms with van der Waals surface area (Å²) in [7, 11) is 1.64. The molecule has 0 saturated carbocycles. The Balaban J connectivity index is 2.59. The fourth-order valence-electron chi connectivity index (χ4n) is 1.22. The molecule has 0 bridgehead atoms. The largest absolute Gasteiger partial charge is 0.477 e. The molecule has 0 radical (unpaired) electrons. The van der Waals surface area contributed by atoms with Crippen LogP contribution in [-0.4, -0.2) is 52.9 Å². The zero-order valence-corrected chi connectivity index (χ0v) is 10.7. The Morgan fingerprint density at radius 2 is 2.05 bits per heavy atom. The molecule has 7 nitrogen and oxygen atoms in total. The minimum atomic E-state index is -1.16. The summed E-state index contributed by atoms with van der Waals surface area (Å²) >= 11 is 0. The monoisotopic (exact) mass is 265 g/mol. The summed E-state index contributed by atoms with van der Waals surface area (Å²) in [5.74, 6) is -1.83. The van der Waals surface area contributed by atoms with E-state index in [1.54, 1.807) is 7.05 Å². The second kappa shape index (κ2) is 6.48. The first-order valence-electron chi connectivity index (χ1n) is 5.67. The van der Waals surface area contributed by atoms with Crippen molar-refractivity contribution < 1.29 is 19.5 Å². The van der Waals surface area contributed by atoms with Crippen LogP contribution in [0.25, 0.3) is 0 Å². The van der Waals surface area contributed by atoms with Crippen LogP contribution >= 0.6 is 0 Å². The van der Waals surface area contributed by atoms with Crippen molar-refractivity contribution in [1.82, 2.24) is 15.2 Å². The number of carboxylic acid groups (broad SMARTS) is 1. The van der Waals surface area contributed by atoms with Crippen LogP contribution in [0.15, 0.2) is 18.3 Å². The summed E-state index contributed by atoms with van der Waals surface area (Å²) < 4.78 is 0. The minimum absolute atomic E-state index is 0.107. The standard InChI is InChI=1S/C12H15N3O4/c1-3-15(2)10(16)7-14-11(17)8-4-5-9(12(18)19)13-6-8/h4-6H,3,7H2,1-2H3,(H,14,17)(H,18,19). The van der Waals surface area contributed by atoms with E-state index in [-0.39, 0.29) is 23.7 Å². The lowest BCUT2D eigenvalue weighted by atomic mass is 10.2. The van der Waals surface area contributed by atoms with Crippen molar-refractivity contribution in [1.29, 1.82) is 0 Å². The molecule has 0 atom stereocenters. The van der Waals surface area contributed by atoms with E-state index in [1.165, 1.54) is 17.0 Å². The van der Waals surface area contributed by atoms with Gasteiger partial charge in [0.2, 0.25) is 5.91 Å². The van der Waals surface area contributed by atoms with E-state index in [0.717, 1.165) is 6.20 Å². The Morgan fingerprint density at radius 3 is 2.53 bits per heavy atom. The summed E-state index contributed by atoms with van der Waals surface area (Å²) in [6, 6.07) is 2.58. The summed E-state index contributed by atoms with van der Waals surface area (Å²) in [4.78, 5) is 38.8. The van der Waals surface area contributed by atoms with Crippen molar-refractivity contribution >= 4 is 17.8 Å². The second-order valence-electron chi connectivity index (χ2n) is 3.83. The zero-order valence-electron chi connectivity index (χ0n) is 10.7. The van der Waals surface area contributed by atoms with E-state index < -0.39 is 11.9 Å². The molecule has 0 saturated heterocycles. The van der Waals surface area contributed by atoms with Gasteiger partial charge < -0.3 is 15.3 Å². The Hall–Kier alpha value is -2.44. The van der Waals surface area contributed by atoms with Gasteiger partial charge in [-0.2, -0.15) is 0 Å². The predicted octanol–water partition coefficient (Wildman–Crippen LogP) is -0.0121. The molecule has 1 heterocycles. The first kappa shape index (κ1) is 14.6. The van der Waals surface area contributed by atoms with Crippen molar-refractivity contribution in [2.75, 3.05) is 20.1 Å². The van der Waals surface area contributed by atoms with E-state index in [1.807, 2.05) is 6.92 Å². The highest BCUT2D eigenvalue weighted by Gasteiger charge is 2.11. The number of nitrogens with zero attached hydrogens (tertiary/aromatic N) is 2. The average molecular weight is 265 g/mol. The maximum Gasteiger partial charge on any atom is 0.354 e. The van der Waals surface area contributed by atoms with Crippen LogP contribution in [0.1, 0.15) is 27.8 Å². The van der Waals surface area contributed by atoms with Gasteiger partial charge in [0.05, 0.1) is 12.1 Å². The van der Waals surface area contributed by atoms with E-state index in [9.17, 15) is 14.4 Å². The predicted molar refractivity (Wildman–Crippen MR) is 66.8 cm³/mol. The molecule has 102 valence electrons. The van der Waals surface area contributed by atoms with Gasteiger partial charge in [-0.1, -0.05) is 0 Å². The molecule has 19 heavy (non-hydrogen) atoms. The molecular weight excluding hydrogens is 250 g/mol. The Morgan fingerprint density at radius 1 is 1.37 bits per heavy atom. The molecule has 0 unspecified atom stereocenters. The lowest BCUT2D eigenvalue weighted by molar-refractivity contribution is -0.128. The van der Waals surface area contributed by atoms with Crippen molar-refractivity contribution in [3.05, 3.63) is 29.6 Å². The third-order valence-corrected chi connectivity index (χ3v) is 2.55. The SMILES string of the molecule is CCN(C)C(=O)CNC(=O)c1ccc(C(=O)O)nc1. The number of pyridine rings is 1.